The third-order valence-electron chi connectivity index (χ3n) is 8.25. The van der Waals surface area contributed by atoms with Crippen LogP contribution >= 0.6 is 0 Å². The fourth-order valence-electron chi connectivity index (χ4n) is 6.38. The van der Waals surface area contributed by atoms with Gasteiger partial charge in [-0.15, -0.1) is 0 Å². The van der Waals surface area contributed by atoms with E-state index in [0.29, 0.717) is 19.3 Å². The number of carbonyl (C=O) groups is 1. The standard InChI is InChI=1S/C29H37N3O3/c33-29(24-9-12-32(19-24)26-17-22-5-1-2-6-23(22)18-26)30-25(20-31-10-3-4-11-31)15-21-7-8-27-28(16-21)35-14-13-34-27/h1-2,5-8,16,24-26H,3-4,9-15,17-20H2,(H,30,33)/t24-,25?/m1/s1. The molecular formula is C29H37N3O3. The van der Waals surface area contributed by atoms with Gasteiger partial charge in [-0.25, -0.2) is 0 Å². The Labute approximate surface area is 208 Å². The number of likely N-dealkylation sites (tertiary alicyclic amines) is 2. The molecule has 2 fully saturated rings. The predicted octanol–water partition coefficient (Wildman–Crippen LogP) is 3.07. The van der Waals surface area contributed by atoms with Crippen LogP contribution in [0.4, 0.5) is 0 Å². The monoisotopic (exact) mass is 475 g/mol. The average Bonchev–Trinajstić information content (AvgIpc) is 3.64. The molecule has 6 rings (SSSR count). The number of amides is 1. The first-order valence-corrected chi connectivity index (χ1v) is 13.4. The van der Waals surface area contributed by atoms with E-state index in [4.69, 9.17) is 9.47 Å². The van der Waals surface area contributed by atoms with Crippen LogP contribution in [0.15, 0.2) is 42.5 Å². The van der Waals surface area contributed by atoms with Crippen LogP contribution in [0.3, 0.4) is 0 Å². The van der Waals surface area contributed by atoms with Crippen molar-refractivity contribution in [3.8, 4) is 11.5 Å². The molecule has 0 bridgehead atoms. The maximum Gasteiger partial charge on any atom is 0.224 e. The van der Waals surface area contributed by atoms with E-state index < -0.39 is 0 Å². The molecule has 1 N–H and O–H groups in total. The Bertz CT molecular complexity index is 1030. The van der Waals surface area contributed by atoms with Gasteiger partial charge in [0.25, 0.3) is 0 Å². The summed E-state index contributed by atoms with van der Waals surface area (Å²) in [5.41, 5.74) is 4.15. The molecule has 4 aliphatic rings. The molecular weight excluding hydrogens is 438 g/mol. The van der Waals surface area contributed by atoms with Crippen LogP contribution in [0.1, 0.15) is 36.0 Å². The lowest BCUT2D eigenvalue weighted by Gasteiger charge is -2.27. The highest BCUT2D eigenvalue weighted by Crippen LogP contribution is 2.32. The van der Waals surface area contributed by atoms with E-state index in [1.165, 1.54) is 29.5 Å². The van der Waals surface area contributed by atoms with Gasteiger partial charge in [0.05, 0.1) is 5.92 Å². The molecule has 186 valence electrons. The Morgan fingerprint density at radius 1 is 0.971 bits per heavy atom. The molecule has 2 aromatic carbocycles. The zero-order chi connectivity index (χ0) is 23.6. The van der Waals surface area contributed by atoms with Gasteiger partial charge in [0.1, 0.15) is 13.2 Å². The van der Waals surface area contributed by atoms with Gasteiger partial charge in [-0.2, -0.15) is 0 Å². The van der Waals surface area contributed by atoms with Gasteiger partial charge in [0.2, 0.25) is 5.91 Å². The number of nitrogens with zero attached hydrogens (tertiary/aromatic N) is 2. The van der Waals surface area contributed by atoms with Gasteiger partial charge in [0, 0.05) is 25.2 Å². The predicted molar refractivity (Wildman–Crippen MR) is 136 cm³/mol. The minimum Gasteiger partial charge on any atom is -0.486 e. The number of nitrogens with one attached hydrogen (secondary N) is 1. The molecule has 3 aliphatic heterocycles. The van der Waals surface area contributed by atoms with Crippen molar-refractivity contribution in [1.82, 2.24) is 15.1 Å². The Kier molecular flexibility index (Phi) is 6.66. The zero-order valence-corrected chi connectivity index (χ0v) is 20.6. The molecule has 1 unspecified atom stereocenters. The van der Waals surface area contributed by atoms with Crippen LogP contribution in [0.2, 0.25) is 0 Å². The smallest absolute Gasteiger partial charge is 0.224 e. The van der Waals surface area contributed by atoms with Crippen LogP contribution in [-0.4, -0.2) is 73.7 Å². The Morgan fingerprint density at radius 3 is 2.49 bits per heavy atom. The summed E-state index contributed by atoms with van der Waals surface area (Å²) < 4.78 is 11.5. The van der Waals surface area contributed by atoms with E-state index in [1.54, 1.807) is 0 Å². The highest BCUT2D eigenvalue weighted by molar-refractivity contribution is 5.79. The fraction of sp³-hybridized carbons (Fsp3) is 0.552. The molecule has 2 saturated heterocycles. The zero-order valence-electron chi connectivity index (χ0n) is 20.6. The molecule has 2 aromatic rings. The van der Waals surface area contributed by atoms with Crippen LogP contribution in [0, 0.1) is 5.92 Å². The first-order valence-electron chi connectivity index (χ1n) is 13.4. The summed E-state index contributed by atoms with van der Waals surface area (Å²) in [6.07, 6.45) is 6.52. The van der Waals surface area contributed by atoms with Gasteiger partial charge in [0.15, 0.2) is 11.5 Å². The van der Waals surface area contributed by atoms with Crippen molar-refractivity contribution in [2.45, 2.75) is 50.6 Å². The fourth-order valence-corrected chi connectivity index (χ4v) is 6.38. The topological polar surface area (TPSA) is 54.0 Å². The SMILES string of the molecule is O=C(NC(Cc1ccc2c(c1)OCCO2)CN1CCCC1)[C@@H]1CCN(C2Cc3ccccc3C2)C1. The summed E-state index contributed by atoms with van der Waals surface area (Å²) in [4.78, 5) is 18.5. The van der Waals surface area contributed by atoms with Crippen LogP contribution < -0.4 is 14.8 Å². The van der Waals surface area contributed by atoms with Crippen molar-refractivity contribution in [1.29, 1.82) is 0 Å². The van der Waals surface area contributed by atoms with Gasteiger partial charge < -0.3 is 19.7 Å². The van der Waals surface area contributed by atoms with E-state index in [1.807, 2.05) is 6.07 Å². The van der Waals surface area contributed by atoms with E-state index in [2.05, 4.69) is 51.5 Å². The van der Waals surface area contributed by atoms with Crippen LogP contribution in [0.5, 0.6) is 11.5 Å². The Morgan fingerprint density at radius 2 is 1.71 bits per heavy atom. The molecule has 1 amide bonds. The first-order chi connectivity index (χ1) is 17.2. The number of rotatable bonds is 7. The molecule has 6 heteroatoms. The maximum atomic E-state index is 13.4. The van der Waals surface area contributed by atoms with Crippen molar-refractivity contribution in [3.05, 3.63) is 59.2 Å². The van der Waals surface area contributed by atoms with Crippen LogP contribution in [-0.2, 0) is 24.1 Å². The summed E-state index contributed by atoms with van der Waals surface area (Å²) in [6, 6.07) is 15.7. The lowest BCUT2D eigenvalue weighted by atomic mass is 10.0. The van der Waals surface area contributed by atoms with E-state index >= 15 is 0 Å². The molecule has 1 aliphatic carbocycles. The third kappa shape index (κ3) is 5.19. The molecule has 2 atom stereocenters. The molecule has 35 heavy (non-hydrogen) atoms. The number of fused-ring (bicyclic) bond motifs is 2. The third-order valence-corrected chi connectivity index (χ3v) is 8.25. The quantitative estimate of drug-likeness (QED) is 0.667. The van der Waals surface area contributed by atoms with Gasteiger partial charge in [-0.05, 0) is 87.0 Å². The van der Waals surface area contributed by atoms with Crippen molar-refractivity contribution in [2.24, 2.45) is 5.92 Å². The first kappa shape index (κ1) is 22.9. The van der Waals surface area contributed by atoms with Gasteiger partial charge >= 0.3 is 0 Å². The molecule has 6 nitrogen and oxygen atoms in total. The number of carbonyl (C=O) groups excluding carboxylic acids is 1. The highest BCUT2D eigenvalue weighted by atomic mass is 16.6. The second kappa shape index (κ2) is 10.2. The lowest BCUT2D eigenvalue weighted by Crippen LogP contribution is -2.47. The number of benzene rings is 2. The maximum absolute atomic E-state index is 13.4. The highest BCUT2D eigenvalue weighted by Gasteiger charge is 2.35. The average molecular weight is 476 g/mol. The number of ether oxygens (including phenoxy) is 2. The van der Waals surface area contributed by atoms with Crippen LogP contribution in [0.25, 0.3) is 0 Å². The normalized spacial score (nSPS) is 23.4. The van der Waals surface area contributed by atoms with E-state index in [9.17, 15) is 4.79 Å². The lowest BCUT2D eigenvalue weighted by molar-refractivity contribution is -0.125. The largest absolute Gasteiger partial charge is 0.486 e. The number of hydrogen-bond donors (Lipinski definition) is 1. The van der Waals surface area contributed by atoms with Crippen molar-refractivity contribution in [3.63, 3.8) is 0 Å². The number of hydrogen-bond acceptors (Lipinski definition) is 5. The van der Waals surface area contributed by atoms with Crippen molar-refractivity contribution in [2.75, 3.05) is 45.9 Å². The summed E-state index contributed by atoms with van der Waals surface area (Å²) in [5, 5.41) is 3.46. The van der Waals surface area contributed by atoms with Crippen molar-refractivity contribution >= 4 is 5.91 Å². The van der Waals surface area contributed by atoms with E-state index in [-0.39, 0.29) is 17.9 Å². The van der Waals surface area contributed by atoms with E-state index in [0.717, 1.165) is 69.9 Å². The Hall–Kier alpha value is -2.57. The molecule has 0 saturated carbocycles. The van der Waals surface area contributed by atoms with Gasteiger partial charge in [-0.1, -0.05) is 30.3 Å². The summed E-state index contributed by atoms with van der Waals surface area (Å²) in [5.74, 6) is 1.95. The second-order valence-corrected chi connectivity index (χ2v) is 10.7. The summed E-state index contributed by atoms with van der Waals surface area (Å²) in [7, 11) is 0. The molecule has 0 aromatic heterocycles. The minimum atomic E-state index is 0.0834. The molecule has 0 radical (unpaired) electrons. The molecule has 3 heterocycles. The minimum absolute atomic E-state index is 0.0834. The van der Waals surface area contributed by atoms with Crippen molar-refractivity contribution < 1.29 is 14.3 Å². The Balaban J connectivity index is 1.09. The summed E-state index contributed by atoms with van der Waals surface area (Å²) >= 11 is 0. The van der Waals surface area contributed by atoms with Gasteiger partial charge in [-0.3, -0.25) is 9.69 Å². The summed E-state index contributed by atoms with van der Waals surface area (Å²) in [6.45, 7) is 6.27. The molecule has 0 spiro atoms. The second-order valence-electron chi connectivity index (χ2n) is 10.7.